The Bertz CT molecular complexity index is 564. The molecule has 0 fully saturated rings. The number of urea groups is 1. The van der Waals surface area contributed by atoms with E-state index in [0.717, 1.165) is 6.26 Å². The second-order valence-electron chi connectivity index (χ2n) is 4.65. The number of hydrogen-bond acceptors (Lipinski definition) is 4. The van der Waals surface area contributed by atoms with Gasteiger partial charge in [-0.25, -0.2) is 9.78 Å². The average Bonchev–Trinajstić information content (AvgIpc) is 2.44. The first-order valence-corrected chi connectivity index (χ1v) is 6.75. The molecule has 23 heavy (non-hydrogen) atoms. The lowest BCUT2D eigenvalue weighted by atomic mass is 10.0. The first-order chi connectivity index (χ1) is 10.7. The number of halogens is 3. The zero-order valence-electron chi connectivity index (χ0n) is 12.6. The third kappa shape index (κ3) is 5.78. The molecule has 9 heteroatoms. The Morgan fingerprint density at radius 1 is 1.43 bits per heavy atom. The minimum absolute atomic E-state index is 0.150. The molecular weight excluding hydrogens is 315 g/mol. The molecule has 0 radical (unpaired) electrons. The van der Waals surface area contributed by atoms with Crippen molar-refractivity contribution in [1.29, 1.82) is 0 Å². The maximum absolute atomic E-state index is 12.9. The number of pyridine rings is 1. The highest BCUT2D eigenvalue weighted by atomic mass is 19.4. The fourth-order valence-corrected chi connectivity index (χ4v) is 1.50. The summed E-state index contributed by atoms with van der Waals surface area (Å²) >= 11 is 0. The van der Waals surface area contributed by atoms with Crippen LogP contribution in [0.4, 0.5) is 23.8 Å². The molecule has 0 aliphatic rings. The van der Waals surface area contributed by atoms with Crippen molar-refractivity contribution in [2.75, 3.05) is 18.5 Å². The zero-order valence-corrected chi connectivity index (χ0v) is 12.6. The summed E-state index contributed by atoms with van der Waals surface area (Å²) in [6.07, 6.45) is -3.79. The Kier molecular flexibility index (Phi) is 6.38. The van der Waals surface area contributed by atoms with Gasteiger partial charge < -0.3 is 15.2 Å². The fourth-order valence-electron chi connectivity index (χ4n) is 1.50. The van der Waals surface area contributed by atoms with Crippen LogP contribution in [-0.2, 0) is 4.74 Å². The van der Waals surface area contributed by atoms with Crippen LogP contribution in [-0.4, -0.2) is 41.1 Å². The van der Waals surface area contributed by atoms with E-state index in [-0.39, 0.29) is 12.4 Å². The first-order valence-electron chi connectivity index (χ1n) is 6.75. The van der Waals surface area contributed by atoms with Gasteiger partial charge in [-0.2, -0.15) is 13.2 Å². The van der Waals surface area contributed by atoms with Gasteiger partial charge in [0.1, 0.15) is 5.82 Å². The molecular formula is C14H18F3N3O3. The van der Waals surface area contributed by atoms with E-state index in [2.05, 4.69) is 15.0 Å². The molecule has 3 N–H and O–H groups in total. The summed E-state index contributed by atoms with van der Waals surface area (Å²) in [7, 11) is 0. The normalized spacial score (nSPS) is 14.3. The Balaban J connectivity index is 2.69. The van der Waals surface area contributed by atoms with Gasteiger partial charge in [0.2, 0.25) is 0 Å². The summed E-state index contributed by atoms with van der Waals surface area (Å²) in [5.41, 5.74) is -2.60. The van der Waals surface area contributed by atoms with Crippen LogP contribution in [0.2, 0.25) is 0 Å². The van der Waals surface area contributed by atoms with Gasteiger partial charge >= 0.3 is 12.2 Å². The monoisotopic (exact) mass is 333 g/mol. The van der Waals surface area contributed by atoms with E-state index in [1.807, 2.05) is 5.32 Å². The van der Waals surface area contributed by atoms with Crippen LogP contribution in [0.3, 0.4) is 0 Å². The number of aliphatic hydroxyl groups is 1. The third-order valence-electron chi connectivity index (χ3n) is 2.75. The Morgan fingerprint density at radius 3 is 2.70 bits per heavy atom. The van der Waals surface area contributed by atoms with Crippen LogP contribution >= 0.6 is 0 Å². The maximum atomic E-state index is 12.9. The maximum Gasteiger partial charge on any atom is 0.422 e. The molecule has 0 aliphatic heterocycles. The largest absolute Gasteiger partial charge is 0.502 e. The number of nitrogens with one attached hydrogen (secondary N) is 2. The van der Waals surface area contributed by atoms with E-state index < -0.39 is 24.4 Å². The van der Waals surface area contributed by atoms with E-state index in [0.29, 0.717) is 11.8 Å². The number of anilines is 1. The van der Waals surface area contributed by atoms with Gasteiger partial charge in [0.15, 0.2) is 5.60 Å². The van der Waals surface area contributed by atoms with Crippen LogP contribution in [0.5, 0.6) is 0 Å². The third-order valence-corrected chi connectivity index (χ3v) is 2.75. The van der Waals surface area contributed by atoms with Crippen molar-refractivity contribution in [3.05, 3.63) is 36.2 Å². The SMILES string of the molecule is CCO/C=C/[C@](O)(CNC(=O)Nc1cccc(C)n1)C(F)(F)F. The second kappa shape index (κ2) is 7.82. The van der Waals surface area contributed by atoms with Crippen molar-refractivity contribution in [3.63, 3.8) is 0 Å². The number of aryl methyl sites for hydroxylation is 1. The van der Waals surface area contributed by atoms with Gasteiger partial charge in [-0.1, -0.05) is 6.07 Å². The molecule has 6 nitrogen and oxygen atoms in total. The lowest BCUT2D eigenvalue weighted by Gasteiger charge is -2.27. The van der Waals surface area contributed by atoms with Gasteiger partial charge in [0, 0.05) is 5.69 Å². The molecule has 0 saturated carbocycles. The molecule has 1 atom stereocenters. The Hall–Kier alpha value is -2.29. The molecule has 0 saturated heterocycles. The van der Waals surface area contributed by atoms with Crippen molar-refractivity contribution in [1.82, 2.24) is 10.3 Å². The molecule has 1 aromatic heterocycles. The number of carbonyl (C=O) groups excluding carboxylic acids is 1. The lowest BCUT2D eigenvalue weighted by Crippen LogP contribution is -2.52. The summed E-state index contributed by atoms with van der Waals surface area (Å²) in [5.74, 6) is 0.183. The molecule has 0 aliphatic carbocycles. The molecule has 1 rings (SSSR count). The molecule has 0 aromatic carbocycles. The van der Waals surface area contributed by atoms with Gasteiger partial charge in [0.25, 0.3) is 0 Å². The highest BCUT2D eigenvalue weighted by Crippen LogP contribution is 2.31. The molecule has 128 valence electrons. The highest BCUT2D eigenvalue weighted by molar-refractivity contribution is 5.88. The predicted molar refractivity (Wildman–Crippen MR) is 77.8 cm³/mol. The van der Waals surface area contributed by atoms with E-state index in [9.17, 15) is 23.1 Å². The van der Waals surface area contributed by atoms with Crippen LogP contribution < -0.4 is 10.6 Å². The molecule has 0 spiro atoms. The summed E-state index contributed by atoms with van der Waals surface area (Å²) in [6, 6.07) is 3.90. The summed E-state index contributed by atoms with van der Waals surface area (Å²) in [5, 5.41) is 13.9. The fraction of sp³-hybridized carbons (Fsp3) is 0.429. The van der Waals surface area contributed by atoms with Crippen LogP contribution in [0.15, 0.2) is 30.5 Å². The minimum Gasteiger partial charge on any atom is -0.502 e. The van der Waals surface area contributed by atoms with Gasteiger partial charge in [0.05, 0.1) is 19.4 Å². The predicted octanol–water partition coefficient (Wildman–Crippen LogP) is 2.36. The van der Waals surface area contributed by atoms with Crippen LogP contribution in [0, 0.1) is 6.92 Å². The van der Waals surface area contributed by atoms with Crippen molar-refractivity contribution in [3.8, 4) is 0 Å². The summed E-state index contributed by atoms with van der Waals surface area (Å²) in [6.45, 7) is 2.36. The van der Waals surface area contributed by atoms with Crippen molar-refractivity contribution >= 4 is 11.8 Å². The Morgan fingerprint density at radius 2 is 2.13 bits per heavy atom. The van der Waals surface area contributed by atoms with Crippen LogP contribution in [0.1, 0.15) is 12.6 Å². The van der Waals surface area contributed by atoms with Crippen LogP contribution in [0.25, 0.3) is 0 Å². The number of rotatable bonds is 6. The standard InChI is InChI=1S/C14H18F3N3O3/c1-3-23-8-7-13(22,14(15,16)17)9-18-12(21)20-11-6-4-5-10(2)19-11/h4-8,22H,3,9H2,1-2H3,(H2,18,19,20,21)/b8-7+/t13-/m0/s1. The minimum atomic E-state index is -4.98. The summed E-state index contributed by atoms with van der Waals surface area (Å²) in [4.78, 5) is 15.6. The first kappa shape index (κ1) is 18.8. The van der Waals surface area contributed by atoms with E-state index >= 15 is 0 Å². The molecule has 0 unspecified atom stereocenters. The zero-order chi connectivity index (χ0) is 17.5. The number of nitrogens with zero attached hydrogens (tertiary/aromatic N) is 1. The second-order valence-corrected chi connectivity index (χ2v) is 4.65. The molecule has 1 aromatic rings. The van der Waals surface area contributed by atoms with E-state index in [1.54, 1.807) is 26.0 Å². The number of alkyl halides is 3. The number of aromatic nitrogens is 1. The smallest absolute Gasteiger partial charge is 0.422 e. The van der Waals surface area contributed by atoms with Crippen molar-refractivity contribution in [2.24, 2.45) is 0 Å². The topological polar surface area (TPSA) is 83.5 Å². The molecule has 2 amide bonds. The van der Waals surface area contributed by atoms with E-state index in [4.69, 9.17) is 0 Å². The molecule has 1 heterocycles. The van der Waals surface area contributed by atoms with Gasteiger partial charge in [-0.05, 0) is 32.1 Å². The van der Waals surface area contributed by atoms with Crippen molar-refractivity contribution < 1.29 is 27.8 Å². The Labute approximate surface area is 131 Å². The van der Waals surface area contributed by atoms with E-state index in [1.165, 1.54) is 6.07 Å². The van der Waals surface area contributed by atoms with Gasteiger partial charge in [-0.3, -0.25) is 5.32 Å². The summed E-state index contributed by atoms with van der Waals surface area (Å²) < 4.78 is 43.4. The average molecular weight is 333 g/mol. The van der Waals surface area contributed by atoms with Crippen molar-refractivity contribution in [2.45, 2.75) is 25.6 Å². The number of amides is 2. The number of hydrogen-bond donors (Lipinski definition) is 3. The number of carbonyl (C=O) groups is 1. The lowest BCUT2D eigenvalue weighted by molar-refractivity contribution is -0.237. The molecule has 0 bridgehead atoms. The van der Waals surface area contributed by atoms with Gasteiger partial charge in [-0.15, -0.1) is 0 Å². The highest BCUT2D eigenvalue weighted by Gasteiger charge is 2.52. The number of ether oxygens (including phenoxy) is 1. The quantitative estimate of drug-likeness (QED) is 0.698.